The Labute approximate surface area is 121 Å². The molecule has 0 heterocycles. The van der Waals surface area contributed by atoms with Crippen molar-refractivity contribution in [2.75, 3.05) is 13.2 Å². The summed E-state index contributed by atoms with van der Waals surface area (Å²) in [5, 5.41) is 21.4. The number of rotatable bonds is 11. The molecule has 0 aliphatic heterocycles. The molecular weight excluding hydrogens is 258 g/mol. The fraction of sp³-hybridized carbons (Fsp3) is 0.733. The number of aliphatic hydroxyl groups is 2. The van der Waals surface area contributed by atoms with Crippen molar-refractivity contribution in [3.63, 3.8) is 0 Å². The van der Waals surface area contributed by atoms with E-state index in [0.29, 0.717) is 25.8 Å². The molecule has 1 atom stereocenters. The first kappa shape index (κ1) is 18.8. The summed E-state index contributed by atoms with van der Waals surface area (Å²) in [6.07, 6.45) is 3.72. The second-order valence-corrected chi connectivity index (χ2v) is 5.66. The molecule has 0 saturated heterocycles. The van der Waals surface area contributed by atoms with E-state index in [4.69, 9.17) is 5.11 Å². The second-order valence-electron chi connectivity index (χ2n) is 5.66. The molecule has 0 aromatic heterocycles. The molecule has 5 heteroatoms. The number of hydrogen-bond acceptors (Lipinski definition) is 4. The van der Waals surface area contributed by atoms with E-state index < -0.39 is 17.4 Å². The number of carbonyl (C=O) groups is 2. The van der Waals surface area contributed by atoms with E-state index in [2.05, 4.69) is 11.9 Å². The summed E-state index contributed by atoms with van der Waals surface area (Å²) in [5.74, 6) is -0.333. The first-order chi connectivity index (χ1) is 9.35. The van der Waals surface area contributed by atoms with Crippen LogP contribution in [0.1, 0.15) is 46.0 Å². The number of aliphatic hydroxyl groups excluding tert-OH is 2. The van der Waals surface area contributed by atoms with Gasteiger partial charge in [0, 0.05) is 24.8 Å². The molecule has 0 bridgehead atoms. The molecule has 0 aliphatic carbocycles. The summed E-state index contributed by atoms with van der Waals surface area (Å²) in [6.45, 7) is 6.90. The summed E-state index contributed by atoms with van der Waals surface area (Å²) in [6, 6.07) is 0. The number of carbonyl (C=O) groups excluding carboxylic acids is 2. The van der Waals surface area contributed by atoms with E-state index in [1.807, 2.05) is 0 Å². The maximum atomic E-state index is 11.6. The molecule has 3 N–H and O–H groups in total. The molecule has 0 rings (SSSR count). The Morgan fingerprint density at radius 3 is 2.45 bits per heavy atom. The summed E-state index contributed by atoms with van der Waals surface area (Å²) >= 11 is 0. The number of unbranched alkanes of at least 4 members (excludes halogenated alkanes) is 1. The topological polar surface area (TPSA) is 86.6 Å². The molecule has 0 unspecified atom stereocenters. The number of allylic oxidation sites excluding steroid dienone is 1. The van der Waals surface area contributed by atoms with Gasteiger partial charge in [0.15, 0.2) is 0 Å². The average Bonchev–Trinajstić information content (AvgIpc) is 2.42. The van der Waals surface area contributed by atoms with Crippen molar-refractivity contribution in [2.24, 2.45) is 5.41 Å². The Morgan fingerprint density at radius 2 is 1.90 bits per heavy atom. The number of Topliss-reactive ketones (excluding diaryl/α,β-unsaturated/α-hetero) is 1. The Hall–Kier alpha value is -1.20. The maximum Gasteiger partial charge on any atom is 0.249 e. The Kier molecular flexibility index (Phi) is 9.08. The summed E-state index contributed by atoms with van der Waals surface area (Å²) in [7, 11) is 0. The zero-order valence-electron chi connectivity index (χ0n) is 12.5. The van der Waals surface area contributed by atoms with Crippen LogP contribution in [0.5, 0.6) is 0 Å². The summed E-state index contributed by atoms with van der Waals surface area (Å²) in [5.41, 5.74) is -0.870. The highest BCUT2D eigenvalue weighted by molar-refractivity contribution is 5.81. The van der Waals surface area contributed by atoms with Crippen molar-refractivity contribution in [3.8, 4) is 0 Å². The molecule has 0 aromatic carbocycles. The molecule has 20 heavy (non-hydrogen) atoms. The molecule has 116 valence electrons. The van der Waals surface area contributed by atoms with Crippen molar-refractivity contribution >= 4 is 11.7 Å². The minimum absolute atomic E-state index is 0.178. The highest BCUT2D eigenvalue weighted by atomic mass is 16.3. The van der Waals surface area contributed by atoms with Crippen molar-refractivity contribution in [1.82, 2.24) is 5.32 Å². The lowest BCUT2D eigenvalue weighted by molar-refractivity contribution is -0.137. The molecule has 0 saturated carbocycles. The third-order valence-corrected chi connectivity index (χ3v) is 3.19. The fourth-order valence-corrected chi connectivity index (χ4v) is 1.60. The number of ketones is 1. The van der Waals surface area contributed by atoms with Gasteiger partial charge in [-0.05, 0) is 19.3 Å². The Morgan fingerprint density at radius 1 is 1.30 bits per heavy atom. The van der Waals surface area contributed by atoms with Gasteiger partial charge >= 0.3 is 0 Å². The highest BCUT2D eigenvalue weighted by Gasteiger charge is 2.32. The molecule has 0 radical (unpaired) electrons. The van der Waals surface area contributed by atoms with Gasteiger partial charge in [0.05, 0.1) is 6.61 Å². The lowest BCUT2D eigenvalue weighted by Crippen LogP contribution is -2.45. The fourth-order valence-electron chi connectivity index (χ4n) is 1.60. The minimum atomic E-state index is -1.25. The monoisotopic (exact) mass is 285 g/mol. The lowest BCUT2D eigenvalue weighted by Gasteiger charge is -2.27. The molecule has 5 nitrogen and oxygen atoms in total. The standard InChI is InChI=1S/C15H27NO4/c1-4-5-6-8-12(18)9-7-10-16-14(20)13(19)15(2,3)11-17/h4,13,17,19H,1,5-11H2,2-3H3,(H,16,20)/t13-/m0/s1. The van der Waals surface area contributed by atoms with Crippen LogP contribution in [0.3, 0.4) is 0 Å². The molecular formula is C15H27NO4. The van der Waals surface area contributed by atoms with Gasteiger partial charge in [-0.15, -0.1) is 6.58 Å². The van der Waals surface area contributed by atoms with Crippen LogP contribution in [0.25, 0.3) is 0 Å². The first-order valence-electron chi connectivity index (χ1n) is 7.04. The van der Waals surface area contributed by atoms with Crippen molar-refractivity contribution in [3.05, 3.63) is 12.7 Å². The zero-order chi connectivity index (χ0) is 15.6. The van der Waals surface area contributed by atoms with Gasteiger partial charge < -0.3 is 15.5 Å². The van der Waals surface area contributed by atoms with Gasteiger partial charge in [-0.1, -0.05) is 19.9 Å². The van der Waals surface area contributed by atoms with E-state index in [9.17, 15) is 14.7 Å². The maximum absolute atomic E-state index is 11.6. The summed E-state index contributed by atoms with van der Waals surface area (Å²) < 4.78 is 0. The molecule has 0 spiro atoms. The minimum Gasteiger partial charge on any atom is -0.396 e. The molecule has 0 aromatic rings. The van der Waals surface area contributed by atoms with E-state index in [1.165, 1.54) is 0 Å². The van der Waals surface area contributed by atoms with Gasteiger partial charge in [0.2, 0.25) is 5.91 Å². The van der Waals surface area contributed by atoms with E-state index in [1.54, 1.807) is 19.9 Å². The van der Waals surface area contributed by atoms with Crippen LogP contribution < -0.4 is 5.32 Å². The SMILES string of the molecule is C=CCCCC(=O)CCCNC(=O)[C@H](O)C(C)(C)CO. The van der Waals surface area contributed by atoms with E-state index in [-0.39, 0.29) is 12.4 Å². The number of hydrogen-bond donors (Lipinski definition) is 3. The van der Waals surface area contributed by atoms with Gasteiger partial charge in [0.25, 0.3) is 0 Å². The van der Waals surface area contributed by atoms with Crippen LogP contribution >= 0.6 is 0 Å². The first-order valence-corrected chi connectivity index (χ1v) is 7.04. The predicted molar refractivity (Wildman–Crippen MR) is 78.2 cm³/mol. The largest absolute Gasteiger partial charge is 0.396 e. The highest BCUT2D eigenvalue weighted by Crippen LogP contribution is 2.19. The van der Waals surface area contributed by atoms with Crippen molar-refractivity contribution in [2.45, 2.75) is 52.1 Å². The van der Waals surface area contributed by atoms with Crippen LogP contribution in [0, 0.1) is 5.41 Å². The lowest BCUT2D eigenvalue weighted by atomic mass is 9.87. The molecule has 0 aliphatic rings. The van der Waals surface area contributed by atoms with Gasteiger partial charge in [-0.25, -0.2) is 0 Å². The van der Waals surface area contributed by atoms with Crippen molar-refractivity contribution < 1.29 is 19.8 Å². The van der Waals surface area contributed by atoms with Crippen LogP contribution in [0.15, 0.2) is 12.7 Å². The van der Waals surface area contributed by atoms with E-state index >= 15 is 0 Å². The third-order valence-electron chi connectivity index (χ3n) is 3.19. The van der Waals surface area contributed by atoms with Gasteiger partial charge in [-0.3, -0.25) is 9.59 Å². The number of amides is 1. The third kappa shape index (κ3) is 7.40. The van der Waals surface area contributed by atoms with Crippen LogP contribution in [-0.4, -0.2) is 41.2 Å². The normalized spacial score (nSPS) is 12.8. The molecule has 0 fully saturated rings. The predicted octanol–water partition coefficient (Wildman–Crippen LogP) is 1.19. The van der Waals surface area contributed by atoms with E-state index in [0.717, 1.165) is 12.8 Å². The number of nitrogens with one attached hydrogen (secondary N) is 1. The quantitative estimate of drug-likeness (QED) is 0.393. The Bertz CT molecular complexity index is 326. The summed E-state index contributed by atoms with van der Waals surface area (Å²) in [4.78, 5) is 23.1. The van der Waals surface area contributed by atoms with Gasteiger partial charge in [0.1, 0.15) is 11.9 Å². The van der Waals surface area contributed by atoms with Crippen LogP contribution in [-0.2, 0) is 9.59 Å². The van der Waals surface area contributed by atoms with Gasteiger partial charge in [-0.2, -0.15) is 0 Å². The van der Waals surface area contributed by atoms with Crippen molar-refractivity contribution in [1.29, 1.82) is 0 Å². The van der Waals surface area contributed by atoms with Crippen LogP contribution in [0.2, 0.25) is 0 Å². The zero-order valence-corrected chi connectivity index (χ0v) is 12.5. The second kappa shape index (κ2) is 9.66. The van der Waals surface area contributed by atoms with Crippen LogP contribution in [0.4, 0.5) is 0 Å². The smallest absolute Gasteiger partial charge is 0.249 e. The average molecular weight is 285 g/mol. The Balaban J connectivity index is 3.82. The molecule has 1 amide bonds.